The highest BCUT2D eigenvalue weighted by atomic mass is 79.9. The van der Waals surface area contributed by atoms with Crippen molar-refractivity contribution in [2.75, 3.05) is 0 Å². The Bertz CT molecular complexity index is 650. The fourth-order valence-electron chi connectivity index (χ4n) is 2.35. The second kappa shape index (κ2) is 5.85. The van der Waals surface area contributed by atoms with Gasteiger partial charge in [-0.15, -0.1) is 0 Å². The zero-order valence-corrected chi connectivity index (χ0v) is 13.2. The van der Waals surface area contributed by atoms with Crippen LogP contribution in [0.25, 0.3) is 5.69 Å². The van der Waals surface area contributed by atoms with Crippen molar-refractivity contribution < 1.29 is 8.78 Å². The molecule has 0 atom stereocenters. The minimum absolute atomic E-state index is 0.0198. The molecular formula is C15H16BrF2N3. The number of alkyl halides is 2. The minimum atomic E-state index is -2.55. The van der Waals surface area contributed by atoms with Gasteiger partial charge in [-0.2, -0.15) is 5.10 Å². The number of nitrogens with zero attached hydrogens (tertiary/aromatic N) is 2. The average Bonchev–Trinajstić information content (AvgIpc) is 3.15. The molecule has 6 heteroatoms. The SMILES string of the molecule is Cc1cc(Br)ccc1-n1ncc(CNC2CC2)c1C(F)F. The van der Waals surface area contributed by atoms with Crippen molar-refractivity contribution in [3.8, 4) is 5.69 Å². The third kappa shape index (κ3) is 3.16. The lowest BCUT2D eigenvalue weighted by atomic mass is 10.2. The average molecular weight is 356 g/mol. The molecule has 3 nitrogen and oxygen atoms in total. The van der Waals surface area contributed by atoms with Crippen molar-refractivity contribution in [1.82, 2.24) is 15.1 Å². The van der Waals surface area contributed by atoms with E-state index < -0.39 is 6.43 Å². The summed E-state index contributed by atoms with van der Waals surface area (Å²) in [5.41, 5.74) is 2.13. The van der Waals surface area contributed by atoms with Gasteiger partial charge in [-0.05, 0) is 43.5 Å². The van der Waals surface area contributed by atoms with E-state index in [1.807, 2.05) is 19.1 Å². The van der Waals surface area contributed by atoms with E-state index in [1.54, 1.807) is 12.3 Å². The molecule has 1 aliphatic carbocycles. The van der Waals surface area contributed by atoms with E-state index in [2.05, 4.69) is 26.3 Å². The molecule has 0 aliphatic heterocycles. The summed E-state index contributed by atoms with van der Waals surface area (Å²) in [7, 11) is 0. The Morgan fingerprint density at radius 3 is 2.81 bits per heavy atom. The molecule has 112 valence electrons. The second-order valence-electron chi connectivity index (χ2n) is 5.35. The standard InChI is InChI=1S/C15H16BrF2N3/c1-9-6-11(16)2-5-13(9)21-14(15(17)18)10(8-20-21)7-19-12-3-4-12/h2,5-6,8,12,15,19H,3-4,7H2,1H3. The van der Waals surface area contributed by atoms with Crippen molar-refractivity contribution >= 4 is 15.9 Å². The predicted octanol–water partition coefficient (Wildman–Crippen LogP) is 4.13. The molecule has 21 heavy (non-hydrogen) atoms. The van der Waals surface area contributed by atoms with Crippen LogP contribution in [0.2, 0.25) is 0 Å². The predicted molar refractivity (Wildman–Crippen MR) is 80.8 cm³/mol. The van der Waals surface area contributed by atoms with Crippen LogP contribution in [0, 0.1) is 6.92 Å². The molecule has 1 fully saturated rings. The maximum absolute atomic E-state index is 13.5. The summed E-state index contributed by atoms with van der Waals surface area (Å²) >= 11 is 3.38. The number of rotatable bonds is 5. The molecule has 0 spiro atoms. The topological polar surface area (TPSA) is 29.9 Å². The van der Waals surface area contributed by atoms with Crippen molar-refractivity contribution in [2.24, 2.45) is 0 Å². The zero-order chi connectivity index (χ0) is 15.0. The number of benzene rings is 1. The molecule has 3 rings (SSSR count). The van der Waals surface area contributed by atoms with Crippen LogP contribution in [0.3, 0.4) is 0 Å². The zero-order valence-electron chi connectivity index (χ0n) is 11.6. The van der Waals surface area contributed by atoms with E-state index in [4.69, 9.17) is 0 Å². The Kier molecular flexibility index (Phi) is 4.08. The first kappa shape index (κ1) is 14.7. The summed E-state index contributed by atoms with van der Waals surface area (Å²) in [4.78, 5) is 0. The maximum Gasteiger partial charge on any atom is 0.280 e. The second-order valence-corrected chi connectivity index (χ2v) is 6.27. The largest absolute Gasteiger partial charge is 0.310 e. The van der Waals surface area contributed by atoms with E-state index in [0.29, 0.717) is 23.8 Å². The molecule has 0 amide bonds. The third-order valence-corrected chi connectivity index (χ3v) is 4.13. The fraction of sp³-hybridized carbons (Fsp3) is 0.400. The van der Waals surface area contributed by atoms with Crippen LogP contribution in [0.4, 0.5) is 8.78 Å². The lowest BCUT2D eigenvalue weighted by molar-refractivity contribution is 0.141. The number of nitrogens with one attached hydrogen (secondary N) is 1. The minimum Gasteiger partial charge on any atom is -0.310 e. The van der Waals surface area contributed by atoms with Crippen LogP contribution >= 0.6 is 15.9 Å². The molecule has 1 aliphatic rings. The molecule has 1 aromatic heterocycles. The number of hydrogen-bond donors (Lipinski definition) is 1. The highest BCUT2D eigenvalue weighted by Crippen LogP contribution is 2.29. The first-order chi connectivity index (χ1) is 10.1. The Hall–Kier alpha value is -1.27. The van der Waals surface area contributed by atoms with Gasteiger partial charge in [-0.1, -0.05) is 15.9 Å². The summed E-state index contributed by atoms with van der Waals surface area (Å²) < 4.78 is 29.2. The summed E-state index contributed by atoms with van der Waals surface area (Å²) in [5, 5.41) is 7.44. The van der Waals surface area contributed by atoms with Gasteiger partial charge in [-0.25, -0.2) is 13.5 Å². The van der Waals surface area contributed by atoms with E-state index in [0.717, 1.165) is 22.9 Å². The van der Waals surface area contributed by atoms with Crippen LogP contribution in [0.15, 0.2) is 28.9 Å². The normalized spacial score (nSPS) is 14.9. The van der Waals surface area contributed by atoms with Crippen LogP contribution in [-0.4, -0.2) is 15.8 Å². The Morgan fingerprint density at radius 2 is 2.19 bits per heavy atom. The van der Waals surface area contributed by atoms with Crippen LogP contribution in [0.5, 0.6) is 0 Å². The molecule has 0 unspecified atom stereocenters. The molecule has 0 radical (unpaired) electrons. The maximum atomic E-state index is 13.5. The van der Waals surface area contributed by atoms with Crippen molar-refractivity contribution in [3.05, 3.63) is 45.7 Å². The number of halogens is 3. The molecule has 0 bridgehead atoms. The van der Waals surface area contributed by atoms with Gasteiger partial charge < -0.3 is 5.32 Å². The number of hydrogen-bond acceptors (Lipinski definition) is 2. The smallest absolute Gasteiger partial charge is 0.280 e. The van der Waals surface area contributed by atoms with Crippen molar-refractivity contribution in [2.45, 2.75) is 38.8 Å². The Labute approximate surface area is 130 Å². The van der Waals surface area contributed by atoms with Crippen LogP contribution in [-0.2, 0) is 6.54 Å². The lowest BCUT2D eigenvalue weighted by Crippen LogP contribution is -2.16. The molecule has 1 heterocycles. The Morgan fingerprint density at radius 1 is 1.43 bits per heavy atom. The number of aryl methyl sites for hydroxylation is 1. The fourth-order valence-corrected chi connectivity index (χ4v) is 2.83. The molecule has 1 saturated carbocycles. The Balaban J connectivity index is 1.96. The lowest BCUT2D eigenvalue weighted by Gasteiger charge is -2.12. The monoisotopic (exact) mass is 355 g/mol. The highest BCUT2D eigenvalue weighted by Gasteiger charge is 2.25. The first-order valence-corrected chi connectivity index (χ1v) is 7.70. The van der Waals surface area contributed by atoms with Crippen molar-refractivity contribution in [3.63, 3.8) is 0 Å². The van der Waals surface area contributed by atoms with Crippen molar-refractivity contribution in [1.29, 1.82) is 0 Å². The van der Waals surface area contributed by atoms with E-state index in [9.17, 15) is 8.78 Å². The molecule has 1 N–H and O–H groups in total. The van der Waals surface area contributed by atoms with Gasteiger partial charge in [0.25, 0.3) is 6.43 Å². The first-order valence-electron chi connectivity index (χ1n) is 6.91. The van der Waals surface area contributed by atoms with Gasteiger partial charge in [0.15, 0.2) is 0 Å². The van der Waals surface area contributed by atoms with Gasteiger partial charge in [0.1, 0.15) is 5.69 Å². The van der Waals surface area contributed by atoms with Crippen LogP contribution < -0.4 is 5.32 Å². The summed E-state index contributed by atoms with van der Waals surface area (Å²) in [6, 6.07) is 6.01. The van der Waals surface area contributed by atoms with Gasteiger partial charge >= 0.3 is 0 Å². The van der Waals surface area contributed by atoms with E-state index in [1.165, 1.54) is 4.68 Å². The number of aromatic nitrogens is 2. The summed E-state index contributed by atoms with van der Waals surface area (Å²) in [6.07, 6.45) is 1.25. The highest BCUT2D eigenvalue weighted by molar-refractivity contribution is 9.10. The van der Waals surface area contributed by atoms with Crippen LogP contribution in [0.1, 0.15) is 36.1 Å². The summed E-state index contributed by atoms with van der Waals surface area (Å²) in [5.74, 6) is 0. The van der Waals surface area contributed by atoms with E-state index in [-0.39, 0.29) is 5.69 Å². The van der Waals surface area contributed by atoms with Gasteiger partial charge in [0, 0.05) is 22.6 Å². The molecule has 2 aromatic rings. The quantitative estimate of drug-likeness (QED) is 0.873. The molecular weight excluding hydrogens is 340 g/mol. The van der Waals surface area contributed by atoms with Gasteiger partial charge in [0.05, 0.1) is 11.9 Å². The van der Waals surface area contributed by atoms with Gasteiger partial charge in [-0.3, -0.25) is 0 Å². The molecule has 0 saturated heterocycles. The molecule has 1 aromatic carbocycles. The summed E-state index contributed by atoms with van der Waals surface area (Å²) in [6.45, 7) is 2.33. The van der Waals surface area contributed by atoms with E-state index >= 15 is 0 Å². The third-order valence-electron chi connectivity index (χ3n) is 3.64. The van der Waals surface area contributed by atoms with Gasteiger partial charge in [0.2, 0.25) is 0 Å².